The SMILES string of the molecule is CC.CC1(C)C=Cc2ncccc2N1.CC1(C)C=NN2C=CC=CC2=C1. The van der Waals surface area contributed by atoms with Crippen molar-refractivity contribution in [3.8, 4) is 0 Å². The maximum Gasteiger partial charge on any atom is 0.0858 e. The number of allylic oxidation sites excluding steroid dienone is 4. The van der Waals surface area contributed by atoms with Gasteiger partial charge in [0, 0.05) is 24.0 Å². The topological polar surface area (TPSA) is 40.5 Å². The zero-order chi connectivity index (χ0) is 19.2. The number of aromatic nitrogens is 1. The highest BCUT2D eigenvalue weighted by molar-refractivity contribution is 5.70. The van der Waals surface area contributed by atoms with Crippen LogP contribution in [0, 0.1) is 5.41 Å². The van der Waals surface area contributed by atoms with E-state index in [0.717, 1.165) is 17.1 Å². The molecule has 0 unspecified atom stereocenters. The van der Waals surface area contributed by atoms with E-state index in [9.17, 15) is 0 Å². The summed E-state index contributed by atoms with van der Waals surface area (Å²) in [5.41, 5.74) is 3.43. The number of pyridine rings is 1. The first kappa shape index (κ1) is 19.7. The Morgan fingerprint density at radius 1 is 1.04 bits per heavy atom. The van der Waals surface area contributed by atoms with E-state index in [4.69, 9.17) is 0 Å². The monoisotopic (exact) mass is 350 g/mol. The average Bonchev–Trinajstić information content (AvgIpc) is 2.62. The summed E-state index contributed by atoms with van der Waals surface area (Å²) in [4.78, 5) is 4.24. The van der Waals surface area contributed by atoms with Crippen molar-refractivity contribution >= 4 is 18.0 Å². The lowest BCUT2D eigenvalue weighted by atomic mass is 9.92. The molecule has 0 fully saturated rings. The van der Waals surface area contributed by atoms with Gasteiger partial charge in [-0.15, -0.1) is 0 Å². The van der Waals surface area contributed by atoms with Crippen LogP contribution in [0.2, 0.25) is 0 Å². The molecule has 3 aliphatic heterocycles. The summed E-state index contributed by atoms with van der Waals surface area (Å²) in [6, 6.07) is 3.99. The van der Waals surface area contributed by atoms with Gasteiger partial charge in [-0.25, -0.2) is 5.01 Å². The Balaban J connectivity index is 0.000000171. The quantitative estimate of drug-likeness (QED) is 0.661. The van der Waals surface area contributed by atoms with E-state index in [0.29, 0.717) is 0 Å². The third kappa shape index (κ3) is 5.19. The van der Waals surface area contributed by atoms with Gasteiger partial charge < -0.3 is 5.32 Å². The number of hydrazone groups is 1. The normalized spacial score (nSPS) is 19.6. The van der Waals surface area contributed by atoms with Crippen LogP contribution < -0.4 is 5.32 Å². The number of hydrogen-bond acceptors (Lipinski definition) is 4. The zero-order valence-electron chi connectivity index (χ0n) is 16.7. The molecule has 0 bridgehead atoms. The van der Waals surface area contributed by atoms with Crippen molar-refractivity contribution in [3.05, 3.63) is 66.3 Å². The molecule has 4 rings (SSSR count). The van der Waals surface area contributed by atoms with Gasteiger partial charge in [0.05, 0.1) is 22.6 Å². The van der Waals surface area contributed by atoms with Gasteiger partial charge >= 0.3 is 0 Å². The van der Waals surface area contributed by atoms with E-state index in [-0.39, 0.29) is 11.0 Å². The molecule has 0 aromatic carbocycles. The lowest BCUT2D eigenvalue weighted by Gasteiger charge is -2.27. The van der Waals surface area contributed by atoms with Crippen LogP contribution in [0.5, 0.6) is 0 Å². The highest BCUT2D eigenvalue weighted by Gasteiger charge is 2.20. The van der Waals surface area contributed by atoms with Gasteiger partial charge in [-0.2, -0.15) is 5.10 Å². The average molecular weight is 351 g/mol. The van der Waals surface area contributed by atoms with Gasteiger partial charge in [0.25, 0.3) is 0 Å². The molecule has 0 spiro atoms. The Kier molecular flexibility index (Phi) is 6.19. The van der Waals surface area contributed by atoms with Gasteiger partial charge in [0.2, 0.25) is 0 Å². The molecular formula is C22H30N4. The van der Waals surface area contributed by atoms with Gasteiger partial charge in [-0.05, 0) is 50.3 Å². The number of hydrogen-bond donors (Lipinski definition) is 1. The molecule has 0 amide bonds. The van der Waals surface area contributed by atoms with E-state index < -0.39 is 0 Å². The maximum absolute atomic E-state index is 4.31. The molecule has 1 N–H and O–H groups in total. The number of rotatable bonds is 0. The van der Waals surface area contributed by atoms with Crippen LogP contribution in [0.4, 0.5) is 5.69 Å². The van der Waals surface area contributed by atoms with Crippen LogP contribution in [0.25, 0.3) is 6.08 Å². The Hall–Kier alpha value is -2.62. The minimum atomic E-state index is 0.0516. The third-order valence-corrected chi connectivity index (χ3v) is 3.86. The molecule has 4 heterocycles. The smallest absolute Gasteiger partial charge is 0.0858 e. The van der Waals surface area contributed by atoms with Crippen LogP contribution in [-0.2, 0) is 0 Å². The summed E-state index contributed by atoms with van der Waals surface area (Å²) in [5, 5.41) is 9.57. The zero-order valence-corrected chi connectivity index (χ0v) is 16.7. The summed E-state index contributed by atoms with van der Waals surface area (Å²) in [7, 11) is 0. The van der Waals surface area contributed by atoms with E-state index >= 15 is 0 Å². The highest BCUT2D eigenvalue weighted by Crippen LogP contribution is 2.26. The largest absolute Gasteiger partial charge is 0.375 e. The van der Waals surface area contributed by atoms with Crippen molar-refractivity contribution in [1.82, 2.24) is 9.99 Å². The van der Waals surface area contributed by atoms with Crippen molar-refractivity contribution in [2.75, 3.05) is 5.32 Å². The molecule has 0 aliphatic carbocycles. The van der Waals surface area contributed by atoms with E-state index in [1.54, 1.807) is 0 Å². The summed E-state index contributed by atoms with van der Waals surface area (Å²) in [6.07, 6.45) is 18.2. The first-order valence-corrected chi connectivity index (χ1v) is 9.19. The minimum Gasteiger partial charge on any atom is -0.375 e. The molecule has 4 heteroatoms. The van der Waals surface area contributed by atoms with E-state index in [1.807, 2.05) is 61.8 Å². The van der Waals surface area contributed by atoms with Crippen LogP contribution in [-0.4, -0.2) is 21.7 Å². The standard InChI is InChI=1S/2C10H12N2.C2H6/c1-10(2)6-5-8-9(12-10)4-3-7-11-8;1-10(2)7-9-5-3-4-6-12(9)11-8-10;1-2/h3-7,12H,1-2H3;3-8H,1-2H3;1-2H3. The fourth-order valence-corrected chi connectivity index (χ4v) is 2.63. The Labute approximate surface area is 157 Å². The summed E-state index contributed by atoms with van der Waals surface area (Å²) < 4.78 is 0. The Morgan fingerprint density at radius 2 is 1.81 bits per heavy atom. The Bertz CT molecular complexity index is 764. The molecule has 0 atom stereocenters. The predicted octanol–water partition coefficient (Wildman–Crippen LogP) is 5.61. The van der Waals surface area contributed by atoms with Gasteiger partial charge in [-0.1, -0.05) is 39.8 Å². The first-order chi connectivity index (χ1) is 12.3. The van der Waals surface area contributed by atoms with Crippen molar-refractivity contribution < 1.29 is 0 Å². The summed E-state index contributed by atoms with van der Waals surface area (Å²) in [6.45, 7) is 12.6. The minimum absolute atomic E-state index is 0.0516. The summed E-state index contributed by atoms with van der Waals surface area (Å²) in [5.74, 6) is 0. The number of nitrogens with zero attached hydrogens (tertiary/aromatic N) is 3. The summed E-state index contributed by atoms with van der Waals surface area (Å²) >= 11 is 0. The van der Waals surface area contributed by atoms with Crippen LogP contribution in [0.15, 0.2) is 65.7 Å². The van der Waals surface area contributed by atoms with E-state index in [1.165, 1.54) is 0 Å². The number of fused-ring (bicyclic) bond motifs is 2. The first-order valence-electron chi connectivity index (χ1n) is 9.19. The van der Waals surface area contributed by atoms with Crippen molar-refractivity contribution in [1.29, 1.82) is 0 Å². The Morgan fingerprint density at radius 3 is 2.58 bits per heavy atom. The second-order valence-electron chi connectivity index (χ2n) is 7.30. The molecule has 1 aromatic heterocycles. The fraction of sp³-hybridized carbons (Fsp3) is 0.364. The maximum atomic E-state index is 4.31. The van der Waals surface area contributed by atoms with Crippen molar-refractivity contribution in [2.24, 2.45) is 10.5 Å². The van der Waals surface area contributed by atoms with Crippen molar-refractivity contribution in [3.63, 3.8) is 0 Å². The van der Waals surface area contributed by atoms with E-state index in [2.05, 4.69) is 67.4 Å². The molecule has 0 saturated carbocycles. The predicted molar refractivity (Wildman–Crippen MR) is 113 cm³/mol. The lowest BCUT2D eigenvalue weighted by molar-refractivity contribution is 0.470. The van der Waals surface area contributed by atoms with Crippen LogP contribution >= 0.6 is 0 Å². The van der Waals surface area contributed by atoms with Crippen LogP contribution in [0.3, 0.4) is 0 Å². The third-order valence-electron chi connectivity index (χ3n) is 3.86. The second-order valence-corrected chi connectivity index (χ2v) is 7.30. The van der Waals surface area contributed by atoms with Crippen LogP contribution in [0.1, 0.15) is 47.2 Å². The molecule has 138 valence electrons. The molecule has 1 aromatic rings. The van der Waals surface area contributed by atoms with Gasteiger partial charge in [0.15, 0.2) is 0 Å². The van der Waals surface area contributed by atoms with Gasteiger partial charge in [0.1, 0.15) is 0 Å². The molecule has 26 heavy (non-hydrogen) atoms. The van der Waals surface area contributed by atoms with Crippen molar-refractivity contribution in [2.45, 2.75) is 47.1 Å². The van der Waals surface area contributed by atoms with Gasteiger partial charge in [-0.3, -0.25) is 4.98 Å². The molecular weight excluding hydrogens is 320 g/mol. The molecule has 0 radical (unpaired) electrons. The lowest BCUT2D eigenvalue weighted by Crippen LogP contribution is -2.30. The highest BCUT2D eigenvalue weighted by atomic mass is 15.4. The second kappa shape index (κ2) is 8.17. The molecule has 3 aliphatic rings. The number of anilines is 1. The molecule has 4 nitrogen and oxygen atoms in total. The molecule has 0 saturated heterocycles. The number of nitrogens with one attached hydrogen (secondary N) is 1. The fourth-order valence-electron chi connectivity index (χ4n) is 2.63.